The topological polar surface area (TPSA) is 35.5 Å². The van der Waals surface area contributed by atoms with Crippen molar-refractivity contribution in [3.8, 4) is 0 Å². The highest BCUT2D eigenvalue weighted by molar-refractivity contribution is 5.49. The number of nitrogens with one attached hydrogen (secondary N) is 1. The van der Waals surface area contributed by atoms with Crippen LogP contribution in [0.15, 0.2) is 24.3 Å². The van der Waals surface area contributed by atoms with Crippen molar-refractivity contribution in [3.05, 3.63) is 29.8 Å². The smallest absolute Gasteiger partial charge is 0.0447 e. The lowest BCUT2D eigenvalue weighted by Gasteiger charge is -2.39. The quantitative estimate of drug-likeness (QED) is 0.731. The molecule has 1 fully saturated rings. The number of rotatable bonds is 9. The van der Waals surface area contributed by atoms with Gasteiger partial charge in [0.15, 0.2) is 0 Å². The van der Waals surface area contributed by atoms with Crippen molar-refractivity contribution < 1.29 is 5.11 Å². The largest absolute Gasteiger partial charge is 0.396 e. The molecule has 1 aliphatic rings. The molecule has 1 unspecified atom stereocenters. The van der Waals surface area contributed by atoms with E-state index >= 15 is 0 Å². The third-order valence-electron chi connectivity index (χ3n) is 4.56. The van der Waals surface area contributed by atoms with Gasteiger partial charge in [-0.15, -0.1) is 0 Å². The summed E-state index contributed by atoms with van der Waals surface area (Å²) in [6.07, 6.45) is 5.90. The van der Waals surface area contributed by atoms with E-state index in [2.05, 4.69) is 48.3 Å². The molecule has 2 rings (SSSR count). The Morgan fingerprint density at radius 2 is 1.95 bits per heavy atom. The molecule has 1 atom stereocenters. The van der Waals surface area contributed by atoms with E-state index in [9.17, 15) is 0 Å². The molecule has 3 nitrogen and oxygen atoms in total. The van der Waals surface area contributed by atoms with Crippen LogP contribution in [0.1, 0.15) is 57.6 Å². The summed E-state index contributed by atoms with van der Waals surface area (Å²) < 4.78 is 0. The molecule has 2 N–H and O–H groups in total. The van der Waals surface area contributed by atoms with E-state index in [1.807, 2.05) is 0 Å². The highest BCUT2D eigenvalue weighted by Crippen LogP contribution is 2.30. The van der Waals surface area contributed by atoms with Gasteiger partial charge < -0.3 is 15.3 Å². The number of aliphatic hydroxyl groups excluding tert-OH is 1. The third-order valence-corrected chi connectivity index (χ3v) is 4.56. The van der Waals surface area contributed by atoms with Crippen LogP contribution in [0.25, 0.3) is 0 Å². The second-order valence-corrected chi connectivity index (χ2v) is 5.97. The van der Waals surface area contributed by atoms with E-state index in [0.29, 0.717) is 12.1 Å². The molecule has 0 saturated heterocycles. The van der Waals surface area contributed by atoms with Gasteiger partial charge in [0.25, 0.3) is 0 Å². The minimum absolute atomic E-state index is 0.277. The molecule has 118 valence electrons. The summed E-state index contributed by atoms with van der Waals surface area (Å²) in [6.45, 7) is 6.63. The molecule has 0 radical (unpaired) electrons. The Morgan fingerprint density at radius 1 is 1.24 bits per heavy atom. The molecular weight excluding hydrogens is 260 g/mol. The van der Waals surface area contributed by atoms with Gasteiger partial charge in [0.05, 0.1) is 0 Å². The van der Waals surface area contributed by atoms with Gasteiger partial charge in [0.2, 0.25) is 0 Å². The van der Waals surface area contributed by atoms with Crippen LogP contribution in [0.5, 0.6) is 0 Å². The molecular formula is C18H30N2O. The minimum Gasteiger partial charge on any atom is -0.396 e. The normalized spacial score (nSPS) is 16.5. The molecule has 3 heteroatoms. The Balaban J connectivity index is 2.07. The second-order valence-electron chi connectivity index (χ2n) is 5.97. The van der Waals surface area contributed by atoms with E-state index in [0.717, 1.165) is 25.9 Å². The SMILES string of the molecule is CCNC(CC)c1ccc(N(CCCO)C2CCC2)cc1. The molecule has 0 aromatic heterocycles. The minimum atomic E-state index is 0.277. The van der Waals surface area contributed by atoms with Gasteiger partial charge in [-0.05, 0) is 56.3 Å². The van der Waals surface area contributed by atoms with Gasteiger partial charge in [-0.25, -0.2) is 0 Å². The molecule has 1 aromatic rings. The van der Waals surface area contributed by atoms with Crippen molar-refractivity contribution in [2.75, 3.05) is 24.6 Å². The number of anilines is 1. The maximum absolute atomic E-state index is 9.11. The zero-order valence-electron chi connectivity index (χ0n) is 13.5. The van der Waals surface area contributed by atoms with Gasteiger partial charge in [0, 0.05) is 30.9 Å². The fourth-order valence-electron chi connectivity index (χ4n) is 3.10. The Morgan fingerprint density at radius 3 is 2.43 bits per heavy atom. The maximum Gasteiger partial charge on any atom is 0.0447 e. The van der Waals surface area contributed by atoms with E-state index < -0.39 is 0 Å². The summed E-state index contributed by atoms with van der Waals surface area (Å²) >= 11 is 0. The Kier molecular flexibility index (Phi) is 6.52. The summed E-state index contributed by atoms with van der Waals surface area (Å²) in [5.74, 6) is 0. The number of benzene rings is 1. The summed E-state index contributed by atoms with van der Waals surface area (Å²) in [4.78, 5) is 2.48. The summed E-state index contributed by atoms with van der Waals surface area (Å²) in [6, 6.07) is 10.2. The Hall–Kier alpha value is -1.06. The number of nitrogens with zero attached hydrogens (tertiary/aromatic N) is 1. The molecule has 1 saturated carbocycles. The zero-order valence-corrected chi connectivity index (χ0v) is 13.5. The van der Waals surface area contributed by atoms with Crippen LogP contribution in [0, 0.1) is 0 Å². The first-order chi connectivity index (χ1) is 10.3. The number of hydrogen-bond acceptors (Lipinski definition) is 3. The van der Waals surface area contributed by atoms with Crippen molar-refractivity contribution in [3.63, 3.8) is 0 Å². The lowest BCUT2D eigenvalue weighted by molar-refractivity contribution is 0.283. The standard InChI is InChI=1S/C18H30N2O/c1-3-18(19-4-2)15-9-11-17(12-10-15)20(13-6-14-21)16-7-5-8-16/h9-12,16,18-19,21H,3-8,13-14H2,1-2H3. The third kappa shape index (κ3) is 4.21. The maximum atomic E-state index is 9.11. The predicted molar refractivity (Wildman–Crippen MR) is 89.8 cm³/mol. The van der Waals surface area contributed by atoms with Crippen LogP contribution < -0.4 is 10.2 Å². The van der Waals surface area contributed by atoms with Crippen LogP contribution in [-0.4, -0.2) is 30.8 Å². The first-order valence-electron chi connectivity index (χ1n) is 8.51. The molecule has 0 heterocycles. The fraction of sp³-hybridized carbons (Fsp3) is 0.667. The van der Waals surface area contributed by atoms with Crippen molar-refractivity contribution in [2.45, 2.75) is 58.0 Å². The number of hydrogen-bond donors (Lipinski definition) is 2. The van der Waals surface area contributed by atoms with E-state index in [-0.39, 0.29) is 6.61 Å². The van der Waals surface area contributed by atoms with Gasteiger partial charge in [-0.2, -0.15) is 0 Å². The zero-order chi connectivity index (χ0) is 15.1. The van der Waals surface area contributed by atoms with Crippen LogP contribution in [0.3, 0.4) is 0 Å². The average molecular weight is 290 g/mol. The molecule has 0 amide bonds. The van der Waals surface area contributed by atoms with Crippen molar-refractivity contribution in [1.82, 2.24) is 5.32 Å². The van der Waals surface area contributed by atoms with E-state index in [1.165, 1.54) is 30.5 Å². The fourth-order valence-corrected chi connectivity index (χ4v) is 3.10. The van der Waals surface area contributed by atoms with Crippen molar-refractivity contribution in [1.29, 1.82) is 0 Å². The average Bonchev–Trinajstić information content (AvgIpc) is 2.47. The Labute approximate surface area is 129 Å². The molecule has 1 aliphatic carbocycles. The van der Waals surface area contributed by atoms with Crippen LogP contribution in [0.4, 0.5) is 5.69 Å². The summed E-state index contributed by atoms with van der Waals surface area (Å²) in [7, 11) is 0. The number of aliphatic hydroxyl groups is 1. The van der Waals surface area contributed by atoms with Gasteiger partial charge in [-0.3, -0.25) is 0 Å². The first kappa shape index (κ1) is 16.3. The van der Waals surface area contributed by atoms with Crippen molar-refractivity contribution >= 4 is 5.69 Å². The van der Waals surface area contributed by atoms with Gasteiger partial charge in [-0.1, -0.05) is 26.0 Å². The first-order valence-corrected chi connectivity index (χ1v) is 8.51. The lowest BCUT2D eigenvalue weighted by atomic mass is 9.90. The Bertz CT molecular complexity index is 400. The highest BCUT2D eigenvalue weighted by atomic mass is 16.3. The predicted octanol–water partition coefficient (Wildman–Crippen LogP) is 3.49. The molecule has 0 aliphatic heterocycles. The second kappa shape index (κ2) is 8.40. The van der Waals surface area contributed by atoms with Crippen LogP contribution in [-0.2, 0) is 0 Å². The van der Waals surface area contributed by atoms with Gasteiger partial charge >= 0.3 is 0 Å². The van der Waals surface area contributed by atoms with E-state index in [4.69, 9.17) is 5.11 Å². The van der Waals surface area contributed by atoms with Crippen LogP contribution in [0.2, 0.25) is 0 Å². The molecule has 0 spiro atoms. The van der Waals surface area contributed by atoms with Crippen LogP contribution >= 0.6 is 0 Å². The monoisotopic (exact) mass is 290 g/mol. The van der Waals surface area contributed by atoms with Crippen molar-refractivity contribution in [2.24, 2.45) is 0 Å². The summed E-state index contributed by atoms with van der Waals surface area (Å²) in [5, 5.41) is 12.6. The molecule has 0 bridgehead atoms. The molecule has 21 heavy (non-hydrogen) atoms. The summed E-state index contributed by atoms with van der Waals surface area (Å²) in [5.41, 5.74) is 2.68. The highest BCUT2D eigenvalue weighted by Gasteiger charge is 2.24. The van der Waals surface area contributed by atoms with Gasteiger partial charge in [0.1, 0.15) is 0 Å². The molecule has 1 aromatic carbocycles. The van der Waals surface area contributed by atoms with E-state index in [1.54, 1.807) is 0 Å². The lowest BCUT2D eigenvalue weighted by Crippen LogP contribution is -2.41.